The monoisotopic (exact) mass is 192 g/mol. The van der Waals surface area contributed by atoms with Gasteiger partial charge in [0.1, 0.15) is 0 Å². The Morgan fingerprint density at radius 2 is 2.27 bits per heavy atom. The zero-order valence-electron chi connectivity index (χ0n) is 7.03. The SMILES string of the molecule is CC(N)C1CCN1CC(P)P. The lowest BCUT2D eigenvalue weighted by Gasteiger charge is -2.44. The van der Waals surface area contributed by atoms with Crippen LogP contribution in [0.25, 0.3) is 0 Å². The molecular weight excluding hydrogens is 174 g/mol. The number of rotatable bonds is 3. The van der Waals surface area contributed by atoms with Crippen molar-refractivity contribution in [3.05, 3.63) is 0 Å². The summed E-state index contributed by atoms with van der Waals surface area (Å²) in [5, 5.41) is 0.608. The fraction of sp³-hybridized carbons (Fsp3) is 1.00. The van der Waals surface area contributed by atoms with Gasteiger partial charge in [-0.1, -0.05) is 0 Å². The second-order valence-corrected chi connectivity index (χ2v) is 5.86. The van der Waals surface area contributed by atoms with Crippen LogP contribution in [0, 0.1) is 0 Å². The Bertz CT molecular complexity index is 128. The van der Waals surface area contributed by atoms with Gasteiger partial charge in [-0.15, -0.1) is 18.5 Å². The first kappa shape index (κ1) is 9.86. The molecule has 66 valence electrons. The lowest BCUT2D eigenvalue weighted by Crippen LogP contribution is -2.56. The summed E-state index contributed by atoms with van der Waals surface area (Å²) in [5.41, 5.74) is 5.81. The summed E-state index contributed by atoms with van der Waals surface area (Å²) in [5.74, 6) is 0. The van der Waals surface area contributed by atoms with Crippen molar-refractivity contribution in [3.63, 3.8) is 0 Å². The van der Waals surface area contributed by atoms with Gasteiger partial charge in [0, 0.05) is 30.6 Å². The molecule has 0 aromatic heterocycles. The summed E-state index contributed by atoms with van der Waals surface area (Å²) < 4.78 is 0. The topological polar surface area (TPSA) is 29.3 Å². The van der Waals surface area contributed by atoms with Crippen LogP contribution in [0.2, 0.25) is 0 Å². The van der Waals surface area contributed by atoms with E-state index in [4.69, 9.17) is 5.73 Å². The van der Waals surface area contributed by atoms with Gasteiger partial charge >= 0.3 is 0 Å². The molecule has 0 aliphatic carbocycles. The van der Waals surface area contributed by atoms with Gasteiger partial charge in [-0.3, -0.25) is 4.90 Å². The molecule has 1 rings (SSSR count). The Kier molecular flexibility index (Phi) is 3.71. The number of nitrogens with zero attached hydrogens (tertiary/aromatic N) is 1. The molecule has 2 nitrogen and oxygen atoms in total. The number of likely N-dealkylation sites (tertiary alicyclic amines) is 1. The Balaban J connectivity index is 2.26. The minimum atomic E-state index is 0.331. The van der Waals surface area contributed by atoms with Crippen LogP contribution in [0.5, 0.6) is 0 Å². The van der Waals surface area contributed by atoms with E-state index in [1.807, 2.05) is 0 Å². The van der Waals surface area contributed by atoms with Gasteiger partial charge in [-0.2, -0.15) is 0 Å². The van der Waals surface area contributed by atoms with E-state index in [-0.39, 0.29) is 0 Å². The van der Waals surface area contributed by atoms with E-state index in [1.54, 1.807) is 0 Å². The third kappa shape index (κ3) is 2.63. The summed E-state index contributed by atoms with van der Waals surface area (Å²) in [4.78, 5) is 2.45. The molecule has 0 amide bonds. The molecule has 11 heavy (non-hydrogen) atoms. The van der Waals surface area contributed by atoms with Crippen LogP contribution in [0.3, 0.4) is 0 Å². The minimum Gasteiger partial charge on any atom is -0.327 e. The predicted octanol–water partition coefficient (Wildman–Crippen LogP) is 0.484. The van der Waals surface area contributed by atoms with E-state index in [0.717, 1.165) is 6.54 Å². The zero-order valence-corrected chi connectivity index (χ0v) is 9.34. The number of hydrogen-bond donors (Lipinski definition) is 1. The summed E-state index contributed by atoms with van der Waals surface area (Å²) >= 11 is 0. The molecular formula is C7H18N2P2. The Labute approximate surface area is 73.7 Å². The van der Waals surface area contributed by atoms with Gasteiger partial charge in [0.2, 0.25) is 0 Å². The van der Waals surface area contributed by atoms with Crippen molar-refractivity contribution < 1.29 is 0 Å². The molecule has 1 saturated heterocycles. The van der Waals surface area contributed by atoms with Gasteiger partial charge in [0.05, 0.1) is 0 Å². The first-order chi connectivity index (χ1) is 5.11. The molecule has 2 N–H and O–H groups in total. The zero-order chi connectivity index (χ0) is 8.43. The quantitative estimate of drug-likeness (QED) is 0.659. The maximum atomic E-state index is 5.81. The van der Waals surface area contributed by atoms with Gasteiger partial charge in [0.25, 0.3) is 0 Å². The summed E-state index contributed by atoms with van der Waals surface area (Å²) in [6, 6.07) is 0.969. The molecule has 4 atom stereocenters. The standard InChI is InChI=1S/C7H18N2P2/c1-5(8)6-2-3-9(6)4-7(10)11/h5-7H,2-4,8,10-11H2,1H3. The highest BCUT2D eigenvalue weighted by molar-refractivity contribution is 7.37. The molecule has 1 fully saturated rings. The highest BCUT2D eigenvalue weighted by Crippen LogP contribution is 2.22. The summed E-state index contributed by atoms with van der Waals surface area (Å²) in [6.45, 7) is 4.46. The molecule has 0 radical (unpaired) electrons. The Morgan fingerprint density at radius 3 is 2.55 bits per heavy atom. The average Bonchev–Trinajstić information content (AvgIpc) is 1.78. The van der Waals surface area contributed by atoms with E-state index in [0.29, 0.717) is 17.5 Å². The maximum absolute atomic E-state index is 5.81. The normalized spacial score (nSPS) is 28.6. The highest BCUT2D eigenvalue weighted by atomic mass is 31.1. The van der Waals surface area contributed by atoms with E-state index in [1.165, 1.54) is 13.0 Å². The van der Waals surface area contributed by atoms with Crippen molar-refractivity contribution in [2.75, 3.05) is 13.1 Å². The molecule has 0 spiro atoms. The van der Waals surface area contributed by atoms with Crippen molar-refractivity contribution in [3.8, 4) is 0 Å². The fourth-order valence-electron chi connectivity index (χ4n) is 1.55. The third-order valence-corrected chi connectivity index (χ3v) is 2.65. The molecule has 1 aliphatic rings. The molecule has 0 saturated carbocycles. The first-order valence-corrected chi connectivity index (χ1v) is 5.45. The smallest absolute Gasteiger partial charge is 0.0257 e. The molecule has 4 unspecified atom stereocenters. The maximum Gasteiger partial charge on any atom is 0.0257 e. The second-order valence-electron chi connectivity index (χ2n) is 3.37. The van der Waals surface area contributed by atoms with Crippen LogP contribution >= 0.6 is 18.5 Å². The van der Waals surface area contributed by atoms with Crippen molar-refractivity contribution in [2.45, 2.75) is 30.8 Å². The van der Waals surface area contributed by atoms with Crippen LogP contribution in [-0.4, -0.2) is 35.5 Å². The largest absolute Gasteiger partial charge is 0.327 e. The van der Waals surface area contributed by atoms with Gasteiger partial charge < -0.3 is 5.73 Å². The molecule has 0 aromatic carbocycles. The predicted molar refractivity (Wildman–Crippen MR) is 56.8 cm³/mol. The van der Waals surface area contributed by atoms with E-state index in [9.17, 15) is 0 Å². The Hall–Kier alpha value is 0.780. The van der Waals surface area contributed by atoms with Crippen LogP contribution in [-0.2, 0) is 0 Å². The van der Waals surface area contributed by atoms with E-state index < -0.39 is 0 Å². The van der Waals surface area contributed by atoms with Crippen molar-refractivity contribution in [2.24, 2.45) is 5.73 Å². The van der Waals surface area contributed by atoms with E-state index in [2.05, 4.69) is 30.3 Å². The first-order valence-electron chi connectivity index (χ1n) is 4.12. The van der Waals surface area contributed by atoms with Gasteiger partial charge in [0.15, 0.2) is 0 Å². The molecule has 0 aromatic rings. The van der Waals surface area contributed by atoms with Crippen LogP contribution in [0.4, 0.5) is 0 Å². The van der Waals surface area contributed by atoms with Gasteiger partial charge in [-0.05, 0) is 13.3 Å². The van der Waals surface area contributed by atoms with Gasteiger partial charge in [-0.25, -0.2) is 0 Å². The number of hydrogen-bond acceptors (Lipinski definition) is 2. The van der Waals surface area contributed by atoms with Crippen molar-refractivity contribution in [1.82, 2.24) is 4.90 Å². The number of nitrogens with two attached hydrogens (primary N) is 1. The van der Waals surface area contributed by atoms with Crippen molar-refractivity contribution >= 4 is 18.5 Å². The second kappa shape index (κ2) is 4.14. The highest BCUT2D eigenvalue weighted by Gasteiger charge is 2.30. The van der Waals surface area contributed by atoms with E-state index >= 15 is 0 Å². The summed E-state index contributed by atoms with van der Waals surface area (Å²) in [6.07, 6.45) is 1.28. The minimum absolute atomic E-state index is 0.331. The fourth-order valence-corrected chi connectivity index (χ4v) is 2.10. The molecule has 0 bridgehead atoms. The van der Waals surface area contributed by atoms with Crippen molar-refractivity contribution in [1.29, 1.82) is 0 Å². The molecule has 4 heteroatoms. The summed E-state index contributed by atoms with van der Waals surface area (Å²) in [7, 11) is 5.59. The van der Waals surface area contributed by atoms with Crippen LogP contribution in [0.1, 0.15) is 13.3 Å². The third-order valence-electron chi connectivity index (χ3n) is 2.23. The van der Waals surface area contributed by atoms with Crippen LogP contribution < -0.4 is 5.73 Å². The lowest BCUT2D eigenvalue weighted by molar-refractivity contribution is 0.0807. The molecule has 1 aliphatic heterocycles. The van der Waals surface area contributed by atoms with Crippen LogP contribution in [0.15, 0.2) is 0 Å². The lowest BCUT2D eigenvalue weighted by atomic mass is 9.97. The molecule has 1 heterocycles. The average molecular weight is 192 g/mol. The Morgan fingerprint density at radius 1 is 1.64 bits per heavy atom.